The Morgan fingerprint density at radius 2 is 1.65 bits per heavy atom. The predicted octanol–water partition coefficient (Wildman–Crippen LogP) is 3.11. The van der Waals surface area contributed by atoms with Crippen molar-refractivity contribution in [1.29, 1.82) is 0 Å². The summed E-state index contributed by atoms with van der Waals surface area (Å²) in [6.07, 6.45) is -0.0172. The minimum Gasteiger partial charge on any atom is -0.349 e. The molecular weight excluding hydrogens is 302 g/mol. The van der Waals surface area contributed by atoms with E-state index in [2.05, 4.69) is 10.6 Å². The van der Waals surface area contributed by atoms with E-state index in [1.807, 2.05) is 0 Å². The molecule has 0 saturated carbocycles. The van der Waals surface area contributed by atoms with E-state index in [1.165, 1.54) is 0 Å². The van der Waals surface area contributed by atoms with Crippen LogP contribution in [0.3, 0.4) is 0 Å². The van der Waals surface area contributed by atoms with E-state index in [0.29, 0.717) is 5.56 Å². The molecule has 23 heavy (non-hydrogen) atoms. The van der Waals surface area contributed by atoms with Gasteiger partial charge in [-0.3, -0.25) is 9.59 Å². The minimum absolute atomic E-state index is 0.0172. The summed E-state index contributed by atoms with van der Waals surface area (Å²) in [5.74, 6) is -2.28. The molecule has 2 amide bonds. The number of hydrogen-bond acceptors (Lipinski definition) is 2. The molecule has 6 heteroatoms. The van der Waals surface area contributed by atoms with Crippen molar-refractivity contribution in [3.05, 3.63) is 65.7 Å². The van der Waals surface area contributed by atoms with Crippen LogP contribution in [0.1, 0.15) is 23.7 Å². The van der Waals surface area contributed by atoms with Gasteiger partial charge < -0.3 is 10.6 Å². The standard InChI is InChI=1S/C17H16F2N2O2/c1-11(20-17(23)12-5-3-2-4-6-12)7-16(22)21-15-9-13(18)8-14(19)10-15/h2-6,8-11H,7H2,1H3,(H,20,23)(H,21,22)/t11-/m1/s1. The Balaban J connectivity index is 1.88. The fraction of sp³-hybridized carbons (Fsp3) is 0.176. The Bertz CT molecular complexity index is 685. The number of amides is 2. The van der Waals surface area contributed by atoms with Crippen molar-refractivity contribution in [2.45, 2.75) is 19.4 Å². The molecule has 0 aromatic heterocycles. The summed E-state index contributed by atoms with van der Waals surface area (Å²) in [5.41, 5.74) is 0.529. The molecule has 4 nitrogen and oxygen atoms in total. The summed E-state index contributed by atoms with van der Waals surface area (Å²) in [4.78, 5) is 23.8. The largest absolute Gasteiger partial charge is 0.349 e. The molecule has 2 aromatic carbocycles. The van der Waals surface area contributed by atoms with E-state index in [4.69, 9.17) is 0 Å². The second-order valence-electron chi connectivity index (χ2n) is 5.15. The van der Waals surface area contributed by atoms with Gasteiger partial charge in [-0.05, 0) is 31.2 Å². The maximum Gasteiger partial charge on any atom is 0.251 e. The van der Waals surface area contributed by atoms with E-state index in [-0.39, 0.29) is 18.0 Å². The lowest BCUT2D eigenvalue weighted by Crippen LogP contribution is -2.35. The summed E-state index contributed by atoms with van der Waals surface area (Å²) in [7, 11) is 0. The number of benzene rings is 2. The van der Waals surface area contributed by atoms with Crippen LogP contribution in [-0.2, 0) is 4.79 Å². The van der Waals surface area contributed by atoms with E-state index in [9.17, 15) is 18.4 Å². The average Bonchev–Trinajstić information content (AvgIpc) is 2.46. The van der Waals surface area contributed by atoms with Gasteiger partial charge in [-0.15, -0.1) is 0 Å². The van der Waals surface area contributed by atoms with Crippen molar-refractivity contribution in [2.75, 3.05) is 5.32 Å². The molecule has 0 fully saturated rings. The summed E-state index contributed by atoms with van der Waals surface area (Å²) in [6, 6.07) is 10.9. The van der Waals surface area contributed by atoms with Crippen LogP contribution in [0.4, 0.5) is 14.5 Å². The first-order valence-corrected chi connectivity index (χ1v) is 7.06. The third-order valence-corrected chi connectivity index (χ3v) is 3.05. The molecular formula is C17H16F2N2O2. The van der Waals surface area contributed by atoms with Crippen LogP contribution >= 0.6 is 0 Å². The summed E-state index contributed by atoms with van der Waals surface area (Å²) >= 11 is 0. The van der Waals surface area contributed by atoms with E-state index in [0.717, 1.165) is 18.2 Å². The molecule has 0 aliphatic heterocycles. The second kappa shape index (κ2) is 7.49. The Morgan fingerprint density at radius 3 is 2.26 bits per heavy atom. The summed E-state index contributed by atoms with van der Waals surface area (Å²) in [5, 5.41) is 5.08. The maximum absolute atomic E-state index is 13.1. The molecule has 2 N–H and O–H groups in total. The Labute approximate surface area is 132 Å². The smallest absolute Gasteiger partial charge is 0.251 e. The zero-order valence-corrected chi connectivity index (χ0v) is 12.5. The van der Waals surface area contributed by atoms with Gasteiger partial charge in [0.15, 0.2) is 0 Å². The zero-order valence-electron chi connectivity index (χ0n) is 12.5. The molecule has 0 unspecified atom stereocenters. The van der Waals surface area contributed by atoms with Crippen LogP contribution < -0.4 is 10.6 Å². The van der Waals surface area contributed by atoms with Gasteiger partial charge in [-0.25, -0.2) is 8.78 Å². The van der Waals surface area contributed by atoms with Crippen molar-refractivity contribution in [3.63, 3.8) is 0 Å². The number of nitrogens with one attached hydrogen (secondary N) is 2. The van der Waals surface area contributed by atoms with Crippen LogP contribution in [0, 0.1) is 11.6 Å². The van der Waals surface area contributed by atoms with Crippen LogP contribution in [-0.4, -0.2) is 17.9 Å². The molecule has 0 bridgehead atoms. The number of hydrogen-bond donors (Lipinski definition) is 2. The van der Waals surface area contributed by atoms with Crippen LogP contribution in [0.5, 0.6) is 0 Å². The highest BCUT2D eigenvalue weighted by atomic mass is 19.1. The van der Waals surface area contributed by atoms with Gasteiger partial charge >= 0.3 is 0 Å². The Kier molecular flexibility index (Phi) is 5.41. The first-order chi connectivity index (χ1) is 10.9. The highest BCUT2D eigenvalue weighted by Gasteiger charge is 2.13. The zero-order chi connectivity index (χ0) is 16.8. The third kappa shape index (κ3) is 5.18. The van der Waals surface area contributed by atoms with E-state index in [1.54, 1.807) is 37.3 Å². The Morgan fingerprint density at radius 1 is 1.04 bits per heavy atom. The number of anilines is 1. The van der Waals surface area contributed by atoms with Gasteiger partial charge in [0, 0.05) is 29.8 Å². The number of halogens is 2. The fourth-order valence-corrected chi connectivity index (χ4v) is 2.06. The van der Waals surface area contributed by atoms with Crippen molar-refractivity contribution in [2.24, 2.45) is 0 Å². The molecule has 0 spiro atoms. The van der Waals surface area contributed by atoms with E-state index < -0.39 is 23.6 Å². The van der Waals surface area contributed by atoms with Gasteiger partial charge in [0.1, 0.15) is 11.6 Å². The molecule has 2 rings (SSSR count). The monoisotopic (exact) mass is 318 g/mol. The normalized spacial score (nSPS) is 11.6. The molecule has 0 aliphatic rings. The van der Waals surface area contributed by atoms with Crippen LogP contribution in [0.25, 0.3) is 0 Å². The average molecular weight is 318 g/mol. The molecule has 0 heterocycles. The van der Waals surface area contributed by atoms with Gasteiger partial charge in [-0.2, -0.15) is 0 Å². The molecule has 2 aromatic rings. The highest BCUT2D eigenvalue weighted by molar-refractivity contribution is 5.95. The quantitative estimate of drug-likeness (QED) is 0.890. The molecule has 1 atom stereocenters. The van der Waals surface area contributed by atoms with E-state index >= 15 is 0 Å². The van der Waals surface area contributed by atoms with Crippen molar-refractivity contribution >= 4 is 17.5 Å². The topological polar surface area (TPSA) is 58.2 Å². The summed E-state index contributed by atoms with van der Waals surface area (Å²) < 4.78 is 26.1. The SMILES string of the molecule is C[C@H](CC(=O)Nc1cc(F)cc(F)c1)NC(=O)c1ccccc1. The first kappa shape index (κ1) is 16.6. The lowest BCUT2D eigenvalue weighted by molar-refractivity contribution is -0.116. The molecule has 0 aliphatic carbocycles. The van der Waals surface area contributed by atoms with Crippen molar-refractivity contribution in [1.82, 2.24) is 5.32 Å². The van der Waals surface area contributed by atoms with Gasteiger partial charge in [0.05, 0.1) is 0 Å². The number of carbonyl (C=O) groups excluding carboxylic acids is 2. The molecule has 120 valence electrons. The molecule has 0 saturated heterocycles. The van der Waals surface area contributed by atoms with Gasteiger partial charge in [0.25, 0.3) is 5.91 Å². The third-order valence-electron chi connectivity index (χ3n) is 3.05. The fourth-order valence-electron chi connectivity index (χ4n) is 2.06. The number of rotatable bonds is 5. The maximum atomic E-state index is 13.1. The highest BCUT2D eigenvalue weighted by Crippen LogP contribution is 2.13. The van der Waals surface area contributed by atoms with Crippen LogP contribution in [0.15, 0.2) is 48.5 Å². The van der Waals surface area contributed by atoms with Gasteiger partial charge in [-0.1, -0.05) is 18.2 Å². The lowest BCUT2D eigenvalue weighted by Gasteiger charge is -2.14. The second-order valence-corrected chi connectivity index (χ2v) is 5.15. The van der Waals surface area contributed by atoms with Crippen molar-refractivity contribution in [3.8, 4) is 0 Å². The molecule has 0 radical (unpaired) electrons. The lowest BCUT2D eigenvalue weighted by atomic mass is 10.1. The van der Waals surface area contributed by atoms with Gasteiger partial charge in [0.2, 0.25) is 5.91 Å². The van der Waals surface area contributed by atoms with Crippen molar-refractivity contribution < 1.29 is 18.4 Å². The number of carbonyl (C=O) groups is 2. The first-order valence-electron chi connectivity index (χ1n) is 7.06. The minimum atomic E-state index is -0.772. The van der Waals surface area contributed by atoms with Crippen LogP contribution in [0.2, 0.25) is 0 Å². The predicted molar refractivity (Wildman–Crippen MR) is 83.0 cm³/mol. The Hall–Kier alpha value is -2.76. The summed E-state index contributed by atoms with van der Waals surface area (Å²) in [6.45, 7) is 1.67.